The maximum Gasteiger partial charge on any atom is 0.323 e. The third-order valence-corrected chi connectivity index (χ3v) is 7.93. The predicted molar refractivity (Wildman–Crippen MR) is 85.5 cm³/mol. The molecule has 1 aromatic heterocycles. The van der Waals surface area contributed by atoms with Crippen LogP contribution in [0.5, 0.6) is 0 Å². The molecule has 1 aromatic rings. The number of aromatic amines is 1. The maximum atomic E-state index is 12.6. The summed E-state index contributed by atoms with van der Waals surface area (Å²) < 4.78 is 0. The fraction of sp³-hybridized carbons (Fsp3) is 0.467. The number of aromatic nitrogens is 1. The molecule has 24 heavy (non-hydrogen) atoms. The number of thioether (sulfide) groups is 1. The first-order valence-electron chi connectivity index (χ1n) is 7.64. The molecule has 1 saturated heterocycles. The number of hydrogen-bond donors (Lipinski definition) is 2. The molecule has 0 aromatic carbocycles. The van der Waals surface area contributed by atoms with Gasteiger partial charge in [-0.2, -0.15) is 0 Å². The van der Waals surface area contributed by atoms with Gasteiger partial charge in [0.15, 0.2) is 0 Å². The van der Waals surface area contributed by atoms with Crippen LogP contribution in [-0.4, -0.2) is 44.6 Å². The van der Waals surface area contributed by atoms with Gasteiger partial charge in [-0.25, -0.2) is 0 Å². The van der Waals surface area contributed by atoms with Crippen molar-refractivity contribution in [2.45, 2.75) is 16.7 Å². The number of carboxylic acid groups (broad SMARTS) is 1. The van der Waals surface area contributed by atoms with Crippen LogP contribution in [-0.2, 0) is 14.4 Å². The summed E-state index contributed by atoms with van der Waals surface area (Å²) in [5, 5.41) is 9.88. The van der Waals surface area contributed by atoms with Gasteiger partial charge in [0.1, 0.15) is 6.54 Å². The van der Waals surface area contributed by atoms with Gasteiger partial charge in [-0.05, 0) is 24.3 Å². The van der Waals surface area contributed by atoms with Gasteiger partial charge in [-0.1, -0.05) is 28.7 Å². The number of nitrogens with one attached hydrogen (secondary N) is 1. The van der Waals surface area contributed by atoms with E-state index in [1.54, 1.807) is 11.8 Å². The van der Waals surface area contributed by atoms with Crippen LogP contribution < -0.4 is 4.87 Å². The SMILES string of the molecule is O=C(O)CN1C(=O)C2C(C1=O)[C@@H]1C[C@H]2C2Sc3[nH]c(=O)sc3C=C21. The van der Waals surface area contributed by atoms with E-state index >= 15 is 0 Å². The summed E-state index contributed by atoms with van der Waals surface area (Å²) in [6.45, 7) is -0.554. The molecule has 3 heterocycles. The van der Waals surface area contributed by atoms with Gasteiger partial charge < -0.3 is 10.1 Å². The van der Waals surface area contributed by atoms with Gasteiger partial charge in [0, 0.05) is 5.25 Å². The number of thiazole rings is 1. The molecule has 7 nitrogen and oxygen atoms in total. The van der Waals surface area contributed by atoms with E-state index in [1.165, 1.54) is 0 Å². The number of fused-ring (bicyclic) bond motifs is 9. The number of carbonyl (C=O) groups is 3. The number of amides is 2. The molecule has 2 aliphatic carbocycles. The number of aliphatic carboxylic acids is 1. The molecule has 2 aliphatic heterocycles. The second-order valence-corrected chi connectivity index (χ2v) is 8.77. The molecule has 0 spiro atoms. The molecule has 2 bridgehead atoms. The zero-order valence-electron chi connectivity index (χ0n) is 12.2. The summed E-state index contributed by atoms with van der Waals surface area (Å²) in [6.07, 6.45) is 2.79. The van der Waals surface area contributed by atoms with Gasteiger partial charge in [-0.3, -0.25) is 24.1 Å². The lowest BCUT2D eigenvalue weighted by molar-refractivity contribution is -0.149. The fourth-order valence-corrected chi connectivity index (χ4v) is 7.21. The lowest BCUT2D eigenvalue weighted by Gasteiger charge is -2.32. The summed E-state index contributed by atoms with van der Waals surface area (Å²) in [6, 6.07) is 0. The standard InChI is InChI=1S/C15H12N2O5S2/c18-8(19)3-17-13(20)9-4-1-6(10(9)14(17)21)11-5(4)2-7-12(24-11)16-15(22)23-7/h2,4,6,9-11H,1,3H2,(H,16,22)(H,18,19)/t4-,6-,9?,10?,11?/m1/s1. The van der Waals surface area contributed by atoms with Crippen LogP contribution >= 0.6 is 23.1 Å². The Balaban J connectivity index is 1.55. The molecule has 2 N–H and O–H groups in total. The fourth-order valence-electron chi connectivity index (χ4n) is 4.77. The van der Waals surface area contributed by atoms with Crippen molar-refractivity contribution in [3.63, 3.8) is 0 Å². The lowest BCUT2D eigenvalue weighted by atomic mass is 9.77. The van der Waals surface area contributed by atoms with E-state index in [2.05, 4.69) is 4.98 Å². The average molecular weight is 364 g/mol. The molecule has 2 amide bonds. The highest BCUT2D eigenvalue weighted by atomic mass is 32.2. The first kappa shape index (κ1) is 14.5. The Labute approximate surface area is 143 Å². The highest BCUT2D eigenvalue weighted by Crippen LogP contribution is 2.64. The van der Waals surface area contributed by atoms with Crippen molar-refractivity contribution in [1.29, 1.82) is 0 Å². The largest absolute Gasteiger partial charge is 0.480 e. The molecule has 5 atom stereocenters. The molecule has 124 valence electrons. The third-order valence-electron chi connectivity index (χ3n) is 5.53. The molecule has 3 unspecified atom stereocenters. The molecule has 2 saturated carbocycles. The average Bonchev–Trinajstić information content (AvgIpc) is 3.21. The quantitative estimate of drug-likeness (QED) is 0.746. The smallest absolute Gasteiger partial charge is 0.323 e. The van der Waals surface area contributed by atoms with Crippen molar-refractivity contribution in [3.8, 4) is 0 Å². The van der Waals surface area contributed by atoms with Crippen LogP contribution in [0.2, 0.25) is 0 Å². The van der Waals surface area contributed by atoms with Crippen molar-refractivity contribution in [1.82, 2.24) is 9.88 Å². The zero-order valence-corrected chi connectivity index (χ0v) is 13.9. The van der Waals surface area contributed by atoms with Crippen molar-refractivity contribution in [2.75, 3.05) is 6.54 Å². The number of carbonyl (C=O) groups excluding carboxylic acids is 2. The van der Waals surface area contributed by atoms with E-state index in [0.29, 0.717) is 0 Å². The first-order valence-corrected chi connectivity index (χ1v) is 9.33. The van der Waals surface area contributed by atoms with E-state index in [-0.39, 0.29) is 33.8 Å². The van der Waals surface area contributed by atoms with Gasteiger partial charge in [-0.15, -0.1) is 0 Å². The number of hydrogen-bond acceptors (Lipinski definition) is 6. The van der Waals surface area contributed by atoms with Crippen molar-refractivity contribution in [2.24, 2.45) is 23.7 Å². The van der Waals surface area contributed by atoms with E-state index in [1.807, 2.05) is 6.08 Å². The number of nitrogens with zero attached hydrogens (tertiary/aromatic N) is 1. The topological polar surface area (TPSA) is 108 Å². The number of H-pyrrole nitrogens is 1. The Hall–Kier alpha value is -1.87. The Morgan fingerprint density at radius 2 is 2.04 bits per heavy atom. The highest BCUT2D eigenvalue weighted by Gasteiger charge is 2.66. The van der Waals surface area contributed by atoms with Gasteiger partial charge in [0.05, 0.1) is 21.7 Å². The number of rotatable bonds is 2. The van der Waals surface area contributed by atoms with Crippen LogP contribution in [0.3, 0.4) is 0 Å². The maximum absolute atomic E-state index is 12.6. The van der Waals surface area contributed by atoms with Gasteiger partial charge in [0.2, 0.25) is 11.8 Å². The molecule has 4 aliphatic rings. The van der Waals surface area contributed by atoms with Crippen molar-refractivity contribution >= 4 is 47.0 Å². The summed E-state index contributed by atoms with van der Waals surface area (Å²) in [5.41, 5.74) is 1.13. The summed E-state index contributed by atoms with van der Waals surface area (Å²) in [5.74, 6) is -2.69. The predicted octanol–water partition coefficient (Wildman–Crippen LogP) is 0.630. The third kappa shape index (κ3) is 1.68. The van der Waals surface area contributed by atoms with Crippen LogP contribution in [0.1, 0.15) is 11.3 Å². The number of imide groups is 1. The monoisotopic (exact) mass is 364 g/mol. The number of likely N-dealkylation sites (tertiary alicyclic amines) is 1. The summed E-state index contributed by atoms with van der Waals surface area (Å²) >= 11 is 2.72. The minimum Gasteiger partial charge on any atom is -0.480 e. The molecule has 3 fully saturated rings. The van der Waals surface area contributed by atoms with Crippen LogP contribution in [0.25, 0.3) is 6.08 Å². The second-order valence-electron chi connectivity index (χ2n) is 6.60. The molecular weight excluding hydrogens is 352 g/mol. The Kier molecular flexibility index (Phi) is 2.78. The Morgan fingerprint density at radius 3 is 2.79 bits per heavy atom. The Morgan fingerprint density at radius 1 is 1.29 bits per heavy atom. The minimum atomic E-state index is -1.17. The normalized spacial score (nSPS) is 35.8. The van der Waals surface area contributed by atoms with E-state index in [4.69, 9.17) is 5.11 Å². The Bertz CT molecular complexity index is 900. The van der Waals surface area contributed by atoms with Crippen molar-refractivity contribution in [3.05, 3.63) is 20.1 Å². The van der Waals surface area contributed by atoms with Crippen LogP contribution in [0, 0.1) is 23.7 Å². The zero-order chi connectivity index (χ0) is 16.7. The summed E-state index contributed by atoms with van der Waals surface area (Å²) in [7, 11) is 0. The van der Waals surface area contributed by atoms with Gasteiger partial charge >= 0.3 is 10.8 Å². The van der Waals surface area contributed by atoms with E-state index < -0.39 is 24.3 Å². The van der Waals surface area contributed by atoms with Crippen LogP contribution in [0.4, 0.5) is 0 Å². The molecule has 9 heteroatoms. The molecule has 5 rings (SSSR count). The van der Waals surface area contributed by atoms with Gasteiger partial charge in [0.25, 0.3) is 0 Å². The summed E-state index contributed by atoms with van der Waals surface area (Å²) in [4.78, 5) is 52.2. The minimum absolute atomic E-state index is 0.0157. The molecule has 0 radical (unpaired) electrons. The second kappa shape index (κ2) is 4.60. The number of carboxylic acids is 1. The highest BCUT2D eigenvalue weighted by molar-refractivity contribution is 8.00. The van der Waals surface area contributed by atoms with Crippen molar-refractivity contribution < 1.29 is 19.5 Å². The molecular formula is C15H12N2O5S2. The first-order chi connectivity index (χ1) is 11.5. The van der Waals surface area contributed by atoms with Crippen LogP contribution in [0.15, 0.2) is 15.4 Å². The lowest BCUT2D eigenvalue weighted by Crippen LogP contribution is -2.37. The van der Waals surface area contributed by atoms with E-state index in [0.717, 1.165) is 38.1 Å². The van der Waals surface area contributed by atoms with E-state index in [9.17, 15) is 19.2 Å².